The van der Waals surface area contributed by atoms with E-state index in [0.717, 1.165) is 19.8 Å². The van der Waals surface area contributed by atoms with Crippen LogP contribution in [0.3, 0.4) is 0 Å². The molecule has 1 aromatic carbocycles. The highest BCUT2D eigenvalue weighted by Gasteiger charge is 2.19. The quantitative estimate of drug-likeness (QED) is 0.882. The van der Waals surface area contributed by atoms with Gasteiger partial charge in [-0.15, -0.1) is 11.3 Å². The molecule has 1 N–H and O–H groups in total. The normalized spacial score (nSPS) is 12.5. The summed E-state index contributed by atoms with van der Waals surface area (Å²) in [6.07, 6.45) is -0.728. The van der Waals surface area contributed by atoms with E-state index in [4.69, 9.17) is 16.3 Å². The van der Waals surface area contributed by atoms with Gasteiger partial charge in [-0.2, -0.15) is 0 Å². The van der Waals surface area contributed by atoms with Crippen LogP contribution >= 0.6 is 38.9 Å². The second-order valence-corrected chi connectivity index (χ2v) is 6.73. The predicted octanol–water partition coefficient (Wildman–Crippen LogP) is 4.56. The standard InChI is InChI=1S/C13H12BrClO2S/c1-7-3-4-10(17-2)8(5-7)12(16)11-6-9(15)13(14)18-11/h3-6,12,16H,1-2H3. The van der Waals surface area contributed by atoms with Gasteiger partial charge in [0.25, 0.3) is 0 Å². The van der Waals surface area contributed by atoms with Crippen molar-refractivity contribution in [2.45, 2.75) is 13.0 Å². The van der Waals surface area contributed by atoms with Gasteiger partial charge in [-0.1, -0.05) is 23.2 Å². The lowest BCUT2D eigenvalue weighted by Gasteiger charge is -2.14. The van der Waals surface area contributed by atoms with Gasteiger partial charge in [-0.3, -0.25) is 0 Å². The molecule has 0 saturated carbocycles. The van der Waals surface area contributed by atoms with Crippen molar-refractivity contribution in [1.82, 2.24) is 0 Å². The molecule has 0 saturated heterocycles. The largest absolute Gasteiger partial charge is 0.496 e. The summed E-state index contributed by atoms with van der Waals surface area (Å²) in [5, 5.41) is 11.0. The van der Waals surface area contributed by atoms with E-state index < -0.39 is 6.10 Å². The van der Waals surface area contributed by atoms with Crippen LogP contribution in [0, 0.1) is 6.92 Å². The molecule has 18 heavy (non-hydrogen) atoms. The molecule has 0 bridgehead atoms. The van der Waals surface area contributed by atoms with Crippen molar-refractivity contribution < 1.29 is 9.84 Å². The van der Waals surface area contributed by atoms with Gasteiger partial charge >= 0.3 is 0 Å². The molecule has 2 aromatic rings. The van der Waals surface area contributed by atoms with E-state index >= 15 is 0 Å². The van der Waals surface area contributed by atoms with E-state index in [-0.39, 0.29) is 0 Å². The summed E-state index contributed by atoms with van der Waals surface area (Å²) in [7, 11) is 1.60. The van der Waals surface area contributed by atoms with Crippen LogP contribution in [0.5, 0.6) is 5.75 Å². The lowest BCUT2D eigenvalue weighted by Crippen LogP contribution is -2.01. The van der Waals surface area contributed by atoms with E-state index in [1.807, 2.05) is 25.1 Å². The van der Waals surface area contributed by atoms with E-state index in [1.165, 1.54) is 11.3 Å². The Kier molecular flexibility index (Phi) is 4.33. The minimum absolute atomic E-state index is 0.612. The molecule has 1 heterocycles. The monoisotopic (exact) mass is 346 g/mol. The Bertz CT molecular complexity index is 549. The highest BCUT2D eigenvalue weighted by Crippen LogP contribution is 2.39. The number of hydrogen-bond acceptors (Lipinski definition) is 3. The van der Waals surface area contributed by atoms with Crippen LogP contribution in [0.25, 0.3) is 0 Å². The maximum Gasteiger partial charge on any atom is 0.125 e. The van der Waals surface area contributed by atoms with E-state index in [1.54, 1.807) is 13.2 Å². The molecule has 1 aromatic heterocycles. The molecule has 2 rings (SSSR count). The van der Waals surface area contributed by atoms with Gasteiger partial charge in [0.1, 0.15) is 11.9 Å². The van der Waals surface area contributed by atoms with Crippen molar-refractivity contribution in [2.24, 2.45) is 0 Å². The number of halogens is 2. The molecule has 0 radical (unpaired) electrons. The molecule has 0 aliphatic heterocycles. The minimum atomic E-state index is -0.728. The SMILES string of the molecule is COc1ccc(C)cc1C(O)c1cc(Cl)c(Br)s1. The van der Waals surface area contributed by atoms with Crippen LogP contribution in [0.2, 0.25) is 5.02 Å². The molecule has 0 spiro atoms. The Labute approximate surface area is 123 Å². The second-order valence-electron chi connectivity index (χ2n) is 3.92. The van der Waals surface area contributed by atoms with Gasteiger partial charge in [-0.25, -0.2) is 0 Å². The Balaban J connectivity index is 2.44. The fraction of sp³-hybridized carbons (Fsp3) is 0.231. The highest BCUT2D eigenvalue weighted by atomic mass is 79.9. The lowest BCUT2D eigenvalue weighted by molar-refractivity contribution is 0.218. The Morgan fingerprint density at radius 1 is 1.39 bits per heavy atom. The van der Waals surface area contributed by atoms with Crippen LogP contribution < -0.4 is 4.74 Å². The minimum Gasteiger partial charge on any atom is -0.496 e. The first kappa shape index (κ1) is 13.9. The Morgan fingerprint density at radius 2 is 2.11 bits per heavy atom. The number of thiophene rings is 1. The number of ether oxygens (including phenoxy) is 1. The van der Waals surface area contributed by atoms with Crippen LogP contribution in [-0.2, 0) is 0 Å². The molecule has 5 heteroatoms. The van der Waals surface area contributed by atoms with Gasteiger partial charge in [0.05, 0.1) is 15.9 Å². The number of rotatable bonds is 3. The molecule has 1 atom stereocenters. The third kappa shape index (κ3) is 2.72. The number of methoxy groups -OCH3 is 1. The van der Waals surface area contributed by atoms with Crippen molar-refractivity contribution in [3.8, 4) is 5.75 Å². The van der Waals surface area contributed by atoms with Crippen molar-refractivity contribution in [2.75, 3.05) is 7.11 Å². The number of aryl methyl sites for hydroxylation is 1. The maximum absolute atomic E-state index is 10.4. The van der Waals surface area contributed by atoms with E-state index in [9.17, 15) is 5.11 Å². The molecule has 1 unspecified atom stereocenters. The zero-order chi connectivity index (χ0) is 13.3. The van der Waals surface area contributed by atoms with Gasteiger partial charge in [0.2, 0.25) is 0 Å². The van der Waals surface area contributed by atoms with Gasteiger partial charge in [-0.05, 0) is 41.1 Å². The summed E-state index contributed by atoms with van der Waals surface area (Å²) >= 11 is 10.8. The fourth-order valence-corrected chi connectivity index (χ4v) is 3.47. The Hall–Kier alpha value is -0.550. The molecule has 0 amide bonds. The number of aliphatic hydroxyl groups is 1. The van der Waals surface area contributed by atoms with E-state index in [2.05, 4.69) is 15.9 Å². The average molecular weight is 348 g/mol. The fourth-order valence-electron chi connectivity index (χ4n) is 1.72. The lowest BCUT2D eigenvalue weighted by atomic mass is 10.0. The summed E-state index contributed by atoms with van der Waals surface area (Å²) in [4.78, 5) is 0.788. The molecular formula is C13H12BrClO2S. The topological polar surface area (TPSA) is 29.5 Å². The summed E-state index contributed by atoms with van der Waals surface area (Å²) in [6, 6.07) is 7.50. The summed E-state index contributed by atoms with van der Waals surface area (Å²) in [6.45, 7) is 1.98. The molecule has 96 valence electrons. The van der Waals surface area contributed by atoms with Crippen molar-refractivity contribution in [1.29, 1.82) is 0 Å². The molecule has 0 aliphatic rings. The van der Waals surface area contributed by atoms with Gasteiger partial charge in [0, 0.05) is 10.4 Å². The molecule has 2 nitrogen and oxygen atoms in total. The maximum atomic E-state index is 10.4. The first-order valence-electron chi connectivity index (χ1n) is 5.30. The first-order chi connectivity index (χ1) is 8.52. The highest BCUT2D eigenvalue weighted by molar-refractivity contribution is 9.11. The van der Waals surface area contributed by atoms with Crippen LogP contribution in [-0.4, -0.2) is 12.2 Å². The molecule has 0 aliphatic carbocycles. The van der Waals surface area contributed by atoms with Gasteiger partial charge in [0.15, 0.2) is 0 Å². The summed E-state index contributed by atoms with van der Waals surface area (Å²) in [5.41, 5.74) is 1.83. The van der Waals surface area contributed by atoms with Crippen LogP contribution in [0.1, 0.15) is 22.1 Å². The molecular weight excluding hydrogens is 336 g/mol. The number of hydrogen-bond donors (Lipinski definition) is 1. The van der Waals surface area contributed by atoms with Gasteiger partial charge < -0.3 is 9.84 Å². The second kappa shape index (κ2) is 5.61. The van der Waals surface area contributed by atoms with Crippen LogP contribution in [0.15, 0.2) is 28.1 Å². The predicted molar refractivity (Wildman–Crippen MR) is 78.8 cm³/mol. The smallest absolute Gasteiger partial charge is 0.125 e. The summed E-state index contributed by atoms with van der Waals surface area (Å²) < 4.78 is 6.10. The zero-order valence-electron chi connectivity index (χ0n) is 9.91. The van der Waals surface area contributed by atoms with E-state index in [0.29, 0.717) is 10.8 Å². The third-order valence-corrected chi connectivity index (χ3v) is 5.14. The average Bonchev–Trinajstić information content (AvgIpc) is 2.68. The third-order valence-electron chi connectivity index (χ3n) is 2.61. The number of aliphatic hydroxyl groups excluding tert-OH is 1. The van der Waals surface area contributed by atoms with Crippen molar-refractivity contribution >= 4 is 38.9 Å². The number of benzene rings is 1. The first-order valence-corrected chi connectivity index (χ1v) is 7.29. The van der Waals surface area contributed by atoms with Crippen molar-refractivity contribution in [3.63, 3.8) is 0 Å². The van der Waals surface area contributed by atoms with Crippen molar-refractivity contribution in [3.05, 3.63) is 49.1 Å². The Morgan fingerprint density at radius 3 is 2.67 bits per heavy atom. The van der Waals surface area contributed by atoms with Crippen LogP contribution in [0.4, 0.5) is 0 Å². The zero-order valence-corrected chi connectivity index (χ0v) is 13.1. The molecule has 0 fully saturated rings. The summed E-state index contributed by atoms with van der Waals surface area (Å²) in [5.74, 6) is 0.675.